The van der Waals surface area contributed by atoms with Crippen molar-refractivity contribution in [1.29, 1.82) is 0 Å². The van der Waals surface area contributed by atoms with E-state index in [1.54, 1.807) is 6.92 Å². The van der Waals surface area contributed by atoms with Crippen molar-refractivity contribution in [2.45, 2.75) is 13.8 Å². The minimum absolute atomic E-state index is 0.0880. The van der Waals surface area contributed by atoms with Crippen molar-refractivity contribution in [3.63, 3.8) is 0 Å². The van der Waals surface area contributed by atoms with Crippen LogP contribution in [-0.4, -0.2) is 18.9 Å². The fraction of sp³-hybridized carbons (Fsp3) is 0.308. The van der Waals surface area contributed by atoms with Crippen LogP contribution in [0.5, 0.6) is 0 Å². The number of carbonyl (C=O) groups is 1. The molecule has 0 aliphatic heterocycles. The predicted molar refractivity (Wildman–Crippen MR) is 72.2 cm³/mol. The van der Waals surface area contributed by atoms with Crippen molar-refractivity contribution in [3.05, 3.63) is 40.9 Å². The van der Waals surface area contributed by atoms with Gasteiger partial charge in [-0.1, -0.05) is 22.0 Å². The van der Waals surface area contributed by atoms with Gasteiger partial charge in [-0.3, -0.25) is 4.79 Å². The van der Waals surface area contributed by atoms with E-state index in [0.29, 0.717) is 0 Å². The number of Topliss-reactive ketones (excluding diaryl/α,β-unsaturated/α-hetero) is 1. The third-order valence-electron chi connectivity index (χ3n) is 2.41. The molecule has 1 aromatic carbocycles. The zero-order valence-corrected chi connectivity index (χ0v) is 11.3. The molecule has 0 radical (unpaired) electrons. The van der Waals surface area contributed by atoms with Crippen molar-refractivity contribution >= 4 is 27.4 Å². The molecule has 1 rings (SSSR count). The van der Waals surface area contributed by atoms with Gasteiger partial charge in [-0.2, -0.15) is 0 Å². The van der Waals surface area contributed by atoms with Gasteiger partial charge < -0.3 is 4.90 Å². The summed E-state index contributed by atoms with van der Waals surface area (Å²) >= 11 is 3.43. The van der Waals surface area contributed by atoms with Crippen molar-refractivity contribution in [2.75, 3.05) is 18.0 Å². The molecular weight excluding hydrogens is 266 g/mol. The lowest BCUT2D eigenvalue weighted by Crippen LogP contribution is -2.24. The van der Waals surface area contributed by atoms with Gasteiger partial charge in [-0.15, -0.1) is 6.58 Å². The fourth-order valence-corrected chi connectivity index (χ4v) is 1.97. The fourth-order valence-electron chi connectivity index (χ4n) is 1.62. The second kappa shape index (κ2) is 5.85. The van der Waals surface area contributed by atoms with Crippen molar-refractivity contribution in [1.82, 2.24) is 0 Å². The number of nitrogens with zero attached hydrogens (tertiary/aromatic N) is 1. The second-order valence-corrected chi connectivity index (χ2v) is 4.46. The molecular formula is C13H16BrNO. The minimum atomic E-state index is 0.0880. The Morgan fingerprint density at radius 1 is 1.56 bits per heavy atom. The number of hydrogen-bond donors (Lipinski definition) is 0. The van der Waals surface area contributed by atoms with Gasteiger partial charge in [0.2, 0.25) is 0 Å². The largest absolute Gasteiger partial charge is 0.367 e. The van der Waals surface area contributed by atoms with Gasteiger partial charge in [0, 0.05) is 28.8 Å². The lowest BCUT2D eigenvalue weighted by molar-refractivity contribution is 0.101. The Hall–Kier alpha value is -1.09. The number of carbonyl (C=O) groups excluding carboxylic acids is 1. The van der Waals surface area contributed by atoms with Crippen LogP contribution >= 0.6 is 15.9 Å². The average Bonchev–Trinajstić information content (AvgIpc) is 2.25. The third kappa shape index (κ3) is 2.95. The molecule has 0 saturated heterocycles. The molecule has 0 spiro atoms. The second-order valence-electron chi connectivity index (χ2n) is 3.54. The molecule has 3 heteroatoms. The molecule has 0 aliphatic rings. The zero-order chi connectivity index (χ0) is 12.1. The van der Waals surface area contributed by atoms with Crippen LogP contribution in [0, 0.1) is 0 Å². The van der Waals surface area contributed by atoms with E-state index in [9.17, 15) is 4.79 Å². The maximum atomic E-state index is 11.5. The Balaban J connectivity index is 3.21. The highest BCUT2D eigenvalue weighted by Crippen LogP contribution is 2.25. The molecule has 0 atom stereocenters. The first-order valence-corrected chi connectivity index (χ1v) is 6.05. The monoisotopic (exact) mass is 281 g/mol. The van der Waals surface area contributed by atoms with Crippen LogP contribution < -0.4 is 4.90 Å². The van der Waals surface area contributed by atoms with Crippen LogP contribution in [0.15, 0.2) is 35.3 Å². The summed E-state index contributed by atoms with van der Waals surface area (Å²) in [6.07, 6.45) is 1.84. The highest BCUT2D eigenvalue weighted by molar-refractivity contribution is 9.10. The van der Waals surface area contributed by atoms with Gasteiger partial charge >= 0.3 is 0 Å². The maximum absolute atomic E-state index is 11.5. The number of rotatable bonds is 5. The summed E-state index contributed by atoms with van der Waals surface area (Å²) in [5, 5.41) is 0. The first-order chi connectivity index (χ1) is 7.60. The molecule has 0 unspecified atom stereocenters. The van der Waals surface area contributed by atoms with Gasteiger partial charge in [0.15, 0.2) is 5.78 Å². The van der Waals surface area contributed by atoms with E-state index in [4.69, 9.17) is 0 Å². The summed E-state index contributed by atoms with van der Waals surface area (Å²) in [5.74, 6) is 0.0880. The zero-order valence-electron chi connectivity index (χ0n) is 9.66. The van der Waals surface area contributed by atoms with E-state index in [1.165, 1.54) is 0 Å². The van der Waals surface area contributed by atoms with Gasteiger partial charge in [-0.25, -0.2) is 0 Å². The van der Waals surface area contributed by atoms with E-state index in [-0.39, 0.29) is 5.78 Å². The molecule has 0 heterocycles. The predicted octanol–water partition coefficient (Wildman–Crippen LogP) is 3.66. The van der Waals surface area contributed by atoms with E-state index >= 15 is 0 Å². The topological polar surface area (TPSA) is 20.3 Å². The van der Waals surface area contributed by atoms with Crippen LogP contribution in [0.1, 0.15) is 24.2 Å². The lowest BCUT2D eigenvalue weighted by Gasteiger charge is -2.23. The van der Waals surface area contributed by atoms with Crippen LogP contribution in [-0.2, 0) is 0 Å². The van der Waals surface area contributed by atoms with Crippen LogP contribution in [0.3, 0.4) is 0 Å². The standard InChI is InChI=1S/C13H16BrNO/c1-4-8-15(5-2)13-9-11(14)6-7-12(13)10(3)16/h4,6-7,9H,1,5,8H2,2-3H3. The van der Waals surface area contributed by atoms with Crippen molar-refractivity contribution in [2.24, 2.45) is 0 Å². The number of benzene rings is 1. The summed E-state index contributed by atoms with van der Waals surface area (Å²) in [7, 11) is 0. The van der Waals surface area contributed by atoms with E-state index in [1.807, 2.05) is 24.3 Å². The molecule has 0 amide bonds. The number of hydrogen-bond acceptors (Lipinski definition) is 2. The minimum Gasteiger partial charge on any atom is -0.367 e. The normalized spacial score (nSPS) is 9.94. The van der Waals surface area contributed by atoms with Crippen LogP contribution in [0.25, 0.3) is 0 Å². The number of anilines is 1. The quantitative estimate of drug-likeness (QED) is 0.606. The number of likely N-dealkylation sites (N-methyl/N-ethyl adjacent to an activating group) is 1. The smallest absolute Gasteiger partial charge is 0.161 e. The highest BCUT2D eigenvalue weighted by atomic mass is 79.9. The van der Waals surface area contributed by atoms with E-state index in [0.717, 1.165) is 28.8 Å². The highest BCUT2D eigenvalue weighted by Gasteiger charge is 2.12. The van der Waals surface area contributed by atoms with Gasteiger partial charge in [0.1, 0.15) is 0 Å². The van der Waals surface area contributed by atoms with Gasteiger partial charge in [0.25, 0.3) is 0 Å². The van der Waals surface area contributed by atoms with Crippen molar-refractivity contribution < 1.29 is 4.79 Å². The molecule has 0 saturated carbocycles. The molecule has 0 fully saturated rings. The molecule has 0 N–H and O–H groups in total. The third-order valence-corrected chi connectivity index (χ3v) is 2.90. The molecule has 0 aromatic heterocycles. The van der Waals surface area contributed by atoms with E-state index in [2.05, 4.69) is 34.3 Å². The molecule has 2 nitrogen and oxygen atoms in total. The van der Waals surface area contributed by atoms with Crippen LogP contribution in [0.2, 0.25) is 0 Å². The molecule has 86 valence electrons. The molecule has 0 bridgehead atoms. The number of halogens is 1. The van der Waals surface area contributed by atoms with Crippen molar-refractivity contribution in [3.8, 4) is 0 Å². The first kappa shape index (κ1) is 13.0. The Kier molecular flexibility index (Phi) is 4.74. The molecule has 0 aliphatic carbocycles. The summed E-state index contributed by atoms with van der Waals surface area (Å²) in [6.45, 7) is 8.98. The Bertz CT molecular complexity index is 401. The molecule has 16 heavy (non-hydrogen) atoms. The number of ketones is 1. The summed E-state index contributed by atoms with van der Waals surface area (Å²) in [5.41, 5.74) is 1.72. The summed E-state index contributed by atoms with van der Waals surface area (Å²) in [4.78, 5) is 13.7. The first-order valence-electron chi connectivity index (χ1n) is 5.26. The SMILES string of the molecule is C=CCN(CC)c1cc(Br)ccc1C(C)=O. The van der Waals surface area contributed by atoms with Gasteiger partial charge in [0.05, 0.1) is 0 Å². The Labute approximate surface area is 105 Å². The molecule has 1 aromatic rings. The summed E-state index contributed by atoms with van der Waals surface area (Å²) < 4.78 is 0.981. The Morgan fingerprint density at radius 2 is 2.25 bits per heavy atom. The Morgan fingerprint density at radius 3 is 2.75 bits per heavy atom. The van der Waals surface area contributed by atoms with Crippen LogP contribution in [0.4, 0.5) is 5.69 Å². The summed E-state index contributed by atoms with van der Waals surface area (Å²) in [6, 6.07) is 5.72. The average molecular weight is 282 g/mol. The van der Waals surface area contributed by atoms with E-state index < -0.39 is 0 Å². The lowest BCUT2D eigenvalue weighted by atomic mass is 10.1. The maximum Gasteiger partial charge on any atom is 0.161 e. The van der Waals surface area contributed by atoms with Gasteiger partial charge in [-0.05, 0) is 32.0 Å².